The van der Waals surface area contributed by atoms with Crippen molar-refractivity contribution in [2.24, 2.45) is 0 Å². The van der Waals surface area contributed by atoms with E-state index in [1.807, 2.05) is 0 Å². The molecule has 4 aromatic rings. The lowest BCUT2D eigenvalue weighted by molar-refractivity contribution is 1.39. The minimum atomic E-state index is 1.26. The van der Waals surface area contributed by atoms with E-state index in [4.69, 9.17) is 0 Å². The Bertz CT molecular complexity index is 990. The summed E-state index contributed by atoms with van der Waals surface area (Å²) in [5.41, 5.74) is 7.77. The van der Waals surface area contributed by atoms with Gasteiger partial charge in [0, 0.05) is 0 Å². The Morgan fingerprint density at radius 3 is 1.54 bits per heavy atom. The number of benzene rings is 4. The molecule has 0 heterocycles. The predicted molar refractivity (Wildman–Crippen MR) is 104 cm³/mol. The van der Waals surface area contributed by atoms with Gasteiger partial charge in [-0.2, -0.15) is 0 Å². The van der Waals surface area contributed by atoms with E-state index in [0.717, 1.165) is 0 Å². The first-order valence-corrected chi connectivity index (χ1v) is 8.38. The van der Waals surface area contributed by atoms with Crippen LogP contribution in [0.25, 0.3) is 33.0 Å². The van der Waals surface area contributed by atoms with Crippen LogP contribution in [0.1, 0.15) is 11.1 Å². The molecule has 0 saturated carbocycles. The topological polar surface area (TPSA) is 0 Å². The molecule has 0 spiro atoms. The summed E-state index contributed by atoms with van der Waals surface area (Å²) < 4.78 is 0. The first-order chi connectivity index (χ1) is 11.7. The predicted octanol–water partition coefficient (Wildman–Crippen LogP) is 6.79. The quantitative estimate of drug-likeness (QED) is 0.382. The Labute approximate surface area is 143 Å². The van der Waals surface area contributed by atoms with Gasteiger partial charge in [-0.15, -0.1) is 0 Å². The van der Waals surface area contributed by atoms with Crippen LogP contribution in [-0.4, -0.2) is 0 Å². The molecule has 0 fully saturated rings. The molecule has 4 rings (SSSR count). The van der Waals surface area contributed by atoms with E-state index in [2.05, 4.69) is 98.8 Å². The van der Waals surface area contributed by atoms with Crippen molar-refractivity contribution in [1.82, 2.24) is 0 Å². The van der Waals surface area contributed by atoms with Gasteiger partial charge in [0.25, 0.3) is 0 Å². The molecule has 116 valence electrons. The summed E-state index contributed by atoms with van der Waals surface area (Å²) in [7, 11) is 0. The Morgan fingerprint density at radius 2 is 0.958 bits per heavy atom. The molecular formula is C24H20. The molecule has 0 aromatic heterocycles. The average molecular weight is 308 g/mol. The smallest absolute Gasteiger partial charge is 0.00992 e. The fraction of sp³-hybridized carbons (Fsp3) is 0.0833. The average Bonchev–Trinajstić information content (AvgIpc) is 2.60. The molecule has 0 amide bonds. The van der Waals surface area contributed by atoms with E-state index in [1.54, 1.807) is 0 Å². The molecule has 0 bridgehead atoms. The highest BCUT2D eigenvalue weighted by atomic mass is 14.1. The maximum atomic E-state index is 2.27. The number of aryl methyl sites for hydroxylation is 2. The summed E-state index contributed by atoms with van der Waals surface area (Å²) in [6, 6.07) is 30.6. The van der Waals surface area contributed by atoms with Crippen molar-refractivity contribution in [2.45, 2.75) is 13.8 Å². The van der Waals surface area contributed by atoms with E-state index in [0.29, 0.717) is 0 Å². The molecule has 0 aliphatic heterocycles. The van der Waals surface area contributed by atoms with Crippen LogP contribution in [0.15, 0.2) is 84.9 Å². The monoisotopic (exact) mass is 308 g/mol. The van der Waals surface area contributed by atoms with Gasteiger partial charge in [-0.1, -0.05) is 96.1 Å². The van der Waals surface area contributed by atoms with E-state index in [9.17, 15) is 0 Å². The van der Waals surface area contributed by atoms with Gasteiger partial charge in [0.2, 0.25) is 0 Å². The normalized spacial score (nSPS) is 10.9. The van der Waals surface area contributed by atoms with Gasteiger partial charge in [-0.3, -0.25) is 0 Å². The molecule has 0 aliphatic rings. The Balaban J connectivity index is 2.00. The second-order valence-electron chi connectivity index (χ2n) is 6.45. The minimum absolute atomic E-state index is 1.26. The summed E-state index contributed by atoms with van der Waals surface area (Å²) in [5.74, 6) is 0. The van der Waals surface area contributed by atoms with Crippen LogP contribution in [-0.2, 0) is 0 Å². The molecule has 0 N–H and O–H groups in total. The highest BCUT2D eigenvalue weighted by molar-refractivity contribution is 6.04. The lowest BCUT2D eigenvalue weighted by Crippen LogP contribution is -1.87. The zero-order valence-corrected chi connectivity index (χ0v) is 14.1. The van der Waals surface area contributed by atoms with Gasteiger partial charge in [0.1, 0.15) is 0 Å². The molecule has 24 heavy (non-hydrogen) atoms. The Hall–Kier alpha value is -2.86. The number of fused-ring (bicyclic) bond motifs is 1. The summed E-state index contributed by atoms with van der Waals surface area (Å²) in [6.45, 7) is 4.33. The van der Waals surface area contributed by atoms with Gasteiger partial charge in [0.05, 0.1) is 0 Å². The van der Waals surface area contributed by atoms with Crippen LogP contribution in [0, 0.1) is 13.8 Å². The van der Waals surface area contributed by atoms with E-state index < -0.39 is 0 Å². The summed E-state index contributed by atoms with van der Waals surface area (Å²) in [6.07, 6.45) is 0. The van der Waals surface area contributed by atoms with Crippen LogP contribution in [0.3, 0.4) is 0 Å². The van der Waals surface area contributed by atoms with Crippen molar-refractivity contribution >= 4 is 10.8 Å². The molecule has 0 nitrogen and oxygen atoms in total. The van der Waals surface area contributed by atoms with Crippen molar-refractivity contribution in [1.29, 1.82) is 0 Å². The fourth-order valence-electron chi connectivity index (χ4n) is 3.55. The molecule has 0 radical (unpaired) electrons. The SMILES string of the molecule is Cc1cc(C)cc(-c2ccc(-c3ccccc3)c3ccccc23)c1. The third kappa shape index (κ3) is 2.61. The maximum Gasteiger partial charge on any atom is -0.00992 e. The molecule has 0 saturated heterocycles. The van der Waals surface area contributed by atoms with Crippen molar-refractivity contribution in [2.75, 3.05) is 0 Å². The molecule has 0 aliphatic carbocycles. The van der Waals surface area contributed by atoms with Gasteiger partial charge in [0.15, 0.2) is 0 Å². The third-order valence-corrected chi connectivity index (χ3v) is 4.54. The summed E-state index contributed by atoms with van der Waals surface area (Å²) in [4.78, 5) is 0. The van der Waals surface area contributed by atoms with Crippen LogP contribution >= 0.6 is 0 Å². The number of hydrogen-bond donors (Lipinski definition) is 0. The van der Waals surface area contributed by atoms with E-state index in [1.165, 1.54) is 44.2 Å². The summed E-state index contributed by atoms with van der Waals surface area (Å²) in [5, 5.41) is 2.62. The number of hydrogen-bond acceptors (Lipinski definition) is 0. The first kappa shape index (κ1) is 14.7. The number of rotatable bonds is 2. The maximum absolute atomic E-state index is 2.27. The van der Waals surface area contributed by atoms with E-state index in [-0.39, 0.29) is 0 Å². The standard InChI is InChI=1S/C24H20/c1-17-14-18(2)16-20(15-17)22-13-12-21(19-8-4-3-5-9-19)23-10-6-7-11-24(22)23/h3-16H,1-2H3. The van der Waals surface area contributed by atoms with Crippen LogP contribution in [0.2, 0.25) is 0 Å². The van der Waals surface area contributed by atoms with Gasteiger partial charge in [-0.05, 0) is 46.9 Å². The lowest BCUT2D eigenvalue weighted by atomic mass is 9.91. The molecule has 0 atom stereocenters. The Morgan fingerprint density at radius 1 is 0.458 bits per heavy atom. The molecular weight excluding hydrogens is 288 g/mol. The highest BCUT2D eigenvalue weighted by Crippen LogP contribution is 2.36. The second-order valence-corrected chi connectivity index (χ2v) is 6.45. The largest absolute Gasteiger partial charge is 0.0622 e. The van der Waals surface area contributed by atoms with Crippen LogP contribution < -0.4 is 0 Å². The van der Waals surface area contributed by atoms with Crippen LogP contribution in [0.4, 0.5) is 0 Å². The fourth-order valence-corrected chi connectivity index (χ4v) is 3.55. The van der Waals surface area contributed by atoms with Crippen molar-refractivity contribution in [3.63, 3.8) is 0 Å². The minimum Gasteiger partial charge on any atom is -0.0622 e. The summed E-state index contributed by atoms with van der Waals surface area (Å²) >= 11 is 0. The molecule has 0 heteroatoms. The van der Waals surface area contributed by atoms with Gasteiger partial charge < -0.3 is 0 Å². The zero-order valence-electron chi connectivity index (χ0n) is 14.1. The van der Waals surface area contributed by atoms with Crippen LogP contribution in [0.5, 0.6) is 0 Å². The zero-order chi connectivity index (χ0) is 16.5. The van der Waals surface area contributed by atoms with Gasteiger partial charge in [-0.25, -0.2) is 0 Å². The van der Waals surface area contributed by atoms with Crippen molar-refractivity contribution in [3.8, 4) is 22.3 Å². The van der Waals surface area contributed by atoms with E-state index >= 15 is 0 Å². The van der Waals surface area contributed by atoms with Gasteiger partial charge >= 0.3 is 0 Å². The Kier molecular flexibility index (Phi) is 3.66. The van der Waals surface area contributed by atoms with Crippen molar-refractivity contribution in [3.05, 3.63) is 96.1 Å². The first-order valence-electron chi connectivity index (χ1n) is 8.38. The third-order valence-electron chi connectivity index (χ3n) is 4.54. The highest BCUT2D eigenvalue weighted by Gasteiger charge is 2.09. The second kappa shape index (κ2) is 5.98. The van der Waals surface area contributed by atoms with Crippen molar-refractivity contribution < 1.29 is 0 Å². The molecule has 4 aromatic carbocycles. The lowest BCUT2D eigenvalue weighted by Gasteiger charge is -2.13. The molecule has 0 unspecified atom stereocenters.